The number of ether oxygens (including phenoxy) is 1. The smallest absolute Gasteiger partial charge is 0.256 e. The van der Waals surface area contributed by atoms with Gasteiger partial charge in [-0.05, 0) is 72.2 Å². The zero-order valence-corrected chi connectivity index (χ0v) is 18.8. The maximum absolute atomic E-state index is 13.4. The van der Waals surface area contributed by atoms with Gasteiger partial charge in [0.2, 0.25) is 5.91 Å². The van der Waals surface area contributed by atoms with Crippen LogP contribution in [0.15, 0.2) is 66.0 Å². The number of methoxy groups -OCH3 is 1. The number of nitrogens with zero attached hydrogens (tertiary/aromatic N) is 2. The first kappa shape index (κ1) is 21.9. The summed E-state index contributed by atoms with van der Waals surface area (Å²) >= 11 is 7.16. The van der Waals surface area contributed by atoms with Crippen molar-refractivity contribution in [2.75, 3.05) is 17.3 Å². The molecule has 0 radical (unpaired) electrons. The molecule has 164 valence electrons. The van der Waals surface area contributed by atoms with Crippen molar-refractivity contribution in [3.63, 3.8) is 0 Å². The SMILES string of the molecule is COc1ccc(NC(=O)C[C@H]2C(=O)N(c3ccc(F)cc3)C(=S)N2Cc2cccs2)cc1. The van der Waals surface area contributed by atoms with Crippen LogP contribution < -0.4 is 15.0 Å². The van der Waals surface area contributed by atoms with Crippen molar-refractivity contribution in [2.45, 2.75) is 19.0 Å². The van der Waals surface area contributed by atoms with Gasteiger partial charge in [-0.2, -0.15) is 0 Å². The van der Waals surface area contributed by atoms with E-state index in [4.69, 9.17) is 17.0 Å². The summed E-state index contributed by atoms with van der Waals surface area (Å²) in [4.78, 5) is 30.2. The molecular weight excluding hydrogens is 449 g/mol. The zero-order valence-electron chi connectivity index (χ0n) is 17.2. The number of thiophene rings is 1. The first-order valence-corrected chi connectivity index (χ1v) is 11.1. The Morgan fingerprint density at radius 3 is 2.50 bits per heavy atom. The number of carbonyl (C=O) groups is 2. The number of hydrogen-bond acceptors (Lipinski definition) is 5. The van der Waals surface area contributed by atoms with Gasteiger partial charge in [-0.1, -0.05) is 6.07 Å². The Morgan fingerprint density at radius 1 is 1.16 bits per heavy atom. The summed E-state index contributed by atoms with van der Waals surface area (Å²) < 4.78 is 18.5. The second kappa shape index (κ2) is 9.46. The van der Waals surface area contributed by atoms with Crippen LogP contribution in [0.5, 0.6) is 5.75 Å². The second-order valence-corrected chi connectivity index (χ2v) is 8.53. The number of amides is 2. The minimum absolute atomic E-state index is 0.0753. The highest BCUT2D eigenvalue weighted by molar-refractivity contribution is 7.80. The van der Waals surface area contributed by atoms with Crippen molar-refractivity contribution < 1.29 is 18.7 Å². The summed E-state index contributed by atoms with van der Waals surface area (Å²) in [5.74, 6) is -0.356. The molecule has 1 saturated heterocycles. The maximum atomic E-state index is 13.4. The minimum atomic E-state index is -0.770. The van der Waals surface area contributed by atoms with Crippen molar-refractivity contribution >= 4 is 51.9 Å². The number of benzene rings is 2. The fraction of sp³-hybridized carbons (Fsp3) is 0.174. The Kier molecular flexibility index (Phi) is 6.48. The molecule has 1 aromatic heterocycles. The Morgan fingerprint density at radius 2 is 1.88 bits per heavy atom. The molecule has 1 N–H and O–H groups in total. The number of rotatable bonds is 7. The van der Waals surface area contributed by atoms with Gasteiger partial charge < -0.3 is 15.0 Å². The summed E-state index contributed by atoms with van der Waals surface area (Å²) in [7, 11) is 1.57. The van der Waals surface area contributed by atoms with E-state index in [1.807, 2.05) is 17.5 Å². The summed E-state index contributed by atoms with van der Waals surface area (Å²) in [5.41, 5.74) is 1.07. The molecule has 1 aliphatic heterocycles. The number of nitrogens with one attached hydrogen (secondary N) is 1. The molecule has 2 aromatic carbocycles. The van der Waals surface area contributed by atoms with Crippen LogP contribution in [-0.2, 0) is 16.1 Å². The predicted molar refractivity (Wildman–Crippen MR) is 126 cm³/mol. The highest BCUT2D eigenvalue weighted by Crippen LogP contribution is 2.30. The van der Waals surface area contributed by atoms with E-state index in [1.165, 1.54) is 29.2 Å². The van der Waals surface area contributed by atoms with Gasteiger partial charge in [0.1, 0.15) is 17.6 Å². The first-order chi connectivity index (χ1) is 15.5. The molecule has 2 amide bonds. The van der Waals surface area contributed by atoms with Gasteiger partial charge in [0, 0.05) is 10.6 Å². The summed E-state index contributed by atoms with van der Waals surface area (Å²) in [6.45, 7) is 0.403. The molecule has 9 heteroatoms. The molecule has 0 aliphatic carbocycles. The Labute approximate surface area is 194 Å². The summed E-state index contributed by atoms with van der Waals surface area (Å²) in [5, 5.41) is 5.05. The third-order valence-corrected chi connectivity index (χ3v) is 6.34. The van der Waals surface area contributed by atoms with Gasteiger partial charge in [-0.25, -0.2) is 4.39 Å². The molecule has 4 rings (SSSR count). The van der Waals surface area contributed by atoms with Gasteiger partial charge in [0.05, 0.1) is 25.8 Å². The molecule has 0 spiro atoms. The maximum Gasteiger partial charge on any atom is 0.256 e. The predicted octanol–water partition coefficient (Wildman–Crippen LogP) is 4.43. The molecular formula is C23H20FN3O3S2. The number of thiocarbonyl (C=S) groups is 1. The average Bonchev–Trinajstić information content (AvgIpc) is 3.38. The summed E-state index contributed by atoms with van der Waals surface area (Å²) in [6, 6.07) is 15.6. The van der Waals surface area contributed by atoms with Crippen LogP contribution in [0.25, 0.3) is 0 Å². The molecule has 1 fully saturated rings. The lowest BCUT2D eigenvalue weighted by Crippen LogP contribution is -2.37. The van der Waals surface area contributed by atoms with Crippen LogP contribution in [-0.4, -0.2) is 35.0 Å². The molecule has 1 atom stereocenters. The average molecular weight is 470 g/mol. The third-order valence-electron chi connectivity index (χ3n) is 5.06. The monoisotopic (exact) mass is 469 g/mol. The Bertz CT molecular complexity index is 1120. The van der Waals surface area contributed by atoms with Crippen LogP contribution >= 0.6 is 23.6 Å². The molecule has 6 nitrogen and oxygen atoms in total. The van der Waals surface area contributed by atoms with E-state index in [2.05, 4.69) is 5.32 Å². The number of hydrogen-bond donors (Lipinski definition) is 1. The molecule has 1 aliphatic rings. The van der Waals surface area contributed by atoms with E-state index in [0.29, 0.717) is 23.7 Å². The van der Waals surface area contributed by atoms with Crippen LogP contribution in [0.1, 0.15) is 11.3 Å². The molecule has 32 heavy (non-hydrogen) atoms. The quantitative estimate of drug-likeness (QED) is 0.519. The standard InChI is InChI=1S/C23H20FN3O3S2/c1-30-18-10-6-16(7-11-18)25-21(28)13-20-22(29)27(17-8-4-15(24)5-9-17)23(31)26(20)14-19-3-2-12-32-19/h2-12,20H,13-14H2,1H3,(H,25,28)/t20-/m0/s1. The third kappa shape index (κ3) is 4.63. The van der Waals surface area contributed by atoms with Crippen LogP contribution in [0.4, 0.5) is 15.8 Å². The van der Waals surface area contributed by atoms with E-state index in [0.717, 1.165) is 4.88 Å². The molecule has 2 heterocycles. The van der Waals surface area contributed by atoms with Crippen molar-refractivity contribution in [3.05, 3.63) is 76.7 Å². The zero-order chi connectivity index (χ0) is 22.7. The van der Waals surface area contributed by atoms with Crippen LogP contribution in [0.3, 0.4) is 0 Å². The number of anilines is 2. The van der Waals surface area contributed by atoms with Gasteiger partial charge in [-0.3, -0.25) is 14.5 Å². The van der Waals surface area contributed by atoms with Crippen molar-refractivity contribution in [1.82, 2.24) is 4.90 Å². The summed E-state index contributed by atoms with van der Waals surface area (Å²) in [6.07, 6.45) is -0.0753. The molecule has 3 aromatic rings. The molecule has 0 saturated carbocycles. The van der Waals surface area contributed by atoms with Gasteiger partial charge >= 0.3 is 0 Å². The fourth-order valence-corrected chi connectivity index (χ4v) is 4.56. The van der Waals surface area contributed by atoms with Gasteiger partial charge in [-0.15, -0.1) is 11.3 Å². The van der Waals surface area contributed by atoms with E-state index in [9.17, 15) is 14.0 Å². The second-order valence-electron chi connectivity index (χ2n) is 7.14. The van der Waals surface area contributed by atoms with E-state index >= 15 is 0 Å². The van der Waals surface area contributed by atoms with E-state index in [-0.39, 0.29) is 23.3 Å². The van der Waals surface area contributed by atoms with Crippen LogP contribution in [0.2, 0.25) is 0 Å². The lowest BCUT2D eigenvalue weighted by molar-refractivity contribution is -0.124. The topological polar surface area (TPSA) is 61.9 Å². The first-order valence-electron chi connectivity index (χ1n) is 9.82. The minimum Gasteiger partial charge on any atom is -0.497 e. The Hall–Kier alpha value is -3.30. The van der Waals surface area contributed by atoms with Crippen molar-refractivity contribution in [3.8, 4) is 5.75 Å². The van der Waals surface area contributed by atoms with Crippen molar-refractivity contribution in [2.24, 2.45) is 0 Å². The Balaban J connectivity index is 1.56. The highest BCUT2D eigenvalue weighted by Gasteiger charge is 2.44. The van der Waals surface area contributed by atoms with Gasteiger partial charge in [0.25, 0.3) is 5.91 Å². The normalized spacial score (nSPS) is 15.9. The van der Waals surface area contributed by atoms with Crippen molar-refractivity contribution in [1.29, 1.82) is 0 Å². The molecule has 0 unspecified atom stereocenters. The van der Waals surface area contributed by atoms with Crippen LogP contribution in [0, 0.1) is 5.82 Å². The lowest BCUT2D eigenvalue weighted by atomic mass is 10.1. The number of carbonyl (C=O) groups excluding carboxylic acids is 2. The van der Waals surface area contributed by atoms with E-state index in [1.54, 1.807) is 47.6 Å². The van der Waals surface area contributed by atoms with E-state index < -0.39 is 11.9 Å². The molecule has 0 bridgehead atoms. The largest absolute Gasteiger partial charge is 0.497 e. The number of halogens is 1. The van der Waals surface area contributed by atoms with Gasteiger partial charge in [0.15, 0.2) is 5.11 Å². The fourth-order valence-electron chi connectivity index (χ4n) is 3.47. The highest BCUT2D eigenvalue weighted by atomic mass is 32.1. The lowest BCUT2D eigenvalue weighted by Gasteiger charge is -2.23.